The summed E-state index contributed by atoms with van der Waals surface area (Å²) >= 11 is 0. The van der Waals surface area contributed by atoms with Crippen LogP contribution in [0.5, 0.6) is 0 Å². The van der Waals surface area contributed by atoms with Gasteiger partial charge in [-0.2, -0.15) is 0 Å². The van der Waals surface area contributed by atoms with Crippen LogP contribution in [0, 0.1) is 11.3 Å². The molecule has 1 N–H and O–H groups in total. The summed E-state index contributed by atoms with van der Waals surface area (Å²) in [7, 11) is 0. The van der Waals surface area contributed by atoms with Gasteiger partial charge in [-0.05, 0) is 30.6 Å². The smallest absolute Gasteiger partial charge is 0.0620 e. The normalized spacial score (nSPS) is 36.6. The number of ether oxygens (including phenoxy) is 1. The lowest BCUT2D eigenvalue weighted by molar-refractivity contribution is 0.118. The summed E-state index contributed by atoms with van der Waals surface area (Å²) in [5.74, 6) is 0.835. The quantitative estimate of drug-likeness (QED) is 0.780. The zero-order chi connectivity index (χ0) is 11.6. The Labute approximate surface area is 100 Å². The third-order valence-electron chi connectivity index (χ3n) is 4.26. The van der Waals surface area contributed by atoms with E-state index in [4.69, 9.17) is 4.74 Å². The summed E-state index contributed by atoms with van der Waals surface area (Å²) in [5.41, 5.74) is 0.442. The van der Waals surface area contributed by atoms with Gasteiger partial charge in [-0.25, -0.2) is 0 Å². The topological polar surface area (TPSA) is 21.3 Å². The zero-order valence-electron chi connectivity index (χ0n) is 11.1. The van der Waals surface area contributed by atoms with Crippen molar-refractivity contribution in [2.75, 3.05) is 13.2 Å². The lowest BCUT2D eigenvalue weighted by atomic mass is 9.69. The van der Waals surface area contributed by atoms with Crippen LogP contribution in [-0.2, 0) is 4.74 Å². The number of rotatable bonds is 2. The Morgan fingerprint density at radius 2 is 1.81 bits per heavy atom. The van der Waals surface area contributed by atoms with E-state index in [0.29, 0.717) is 11.5 Å². The highest BCUT2D eigenvalue weighted by Crippen LogP contribution is 2.38. The summed E-state index contributed by atoms with van der Waals surface area (Å²) in [6.07, 6.45) is 6.78. The van der Waals surface area contributed by atoms with E-state index in [-0.39, 0.29) is 0 Å². The first-order valence-corrected chi connectivity index (χ1v) is 6.91. The molecule has 94 valence electrons. The second-order valence-corrected chi connectivity index (χ2v) is 6.59. The van der Waals surface area contributed by atoms with Gasteiger partial charge in [0.15, 0.2) is 0 Å². The molecule has 2 heteroatoms. The Bertz CT molecular complexity index is 215. The Kier molecular flexibility index (Phi) is 3.91. The highest BCUT2D eigenvalue weighted by atomic mass is 16.5. The van der Waals surface area contributed by atoms with Crippen LogP contribution in [0.1, 0.15) is 52.9 Å². The van der Waals surface area contributed by atoms with Crippen molar-refractivity contribution in [2.24, 2.45) is 11.3 Å². The van der Waals surface area contributed by atoms with E-state index in [1.165, 1.54) is 32.1 Å². The molecule has 1 aliphatic heterocycles. The van der Waals surface area contributed by atoms with Crippen molar-refractivity contribution in [1.29, 1.82) is 0 Å². The maximum Gasteiger partial charge on any atom is 0.0620 e. The zero-order valence-corrected chi connectivity index (χ0v) is 11.1. The van der Waals surface area contributed by atoms with Crippen LogP contribution in [0.25, 0.3) is 0 Å². The van der Waals surface area contributed by atoms with E-state index >= 15 is 0 Å². The van der Waals surface area contributed by atoms with Crippen molar-refractivity contribution < 1.29 is 4.74 Å². The third-order valence-corrected chi connectivity index (χ3v) is 4.26. The minimum absolute atomic E-state index is 0.442. The molecule has 0 aromatic carbocycles. The number of nitrogens with one attached hydrogen (secondary N) is 1. The van der Waals surface area contributed by atoms with Gasteiger partial charge in [0.25, 0.3) is 0 Å². The first-order valence-electron chi connectivity index (χ1n) is 6.91. The van der Waals surface area contributed by atoms with Gasteiger partial charge in [-0.1, -0.05) is 33.6 Å². The summed E-state index contributed by atoms with van der Waals surface area (Å²) in [6.45, 7) is 9.05. The fourth-order valence-electron chi connectivity index (χ4n) is 3.34. The van der Waals surface area contributed by atoms with Gasteiger partial charge < -0.3 is 10.1 Å². The molecule has 2 rings (SSSR count). The molecule has 2 aliphatic rings. The molecule has 0 radical (unpaired) electrons. The largest absolute Gasteiger partial charge is 0.380 e. The summed E-state index contributed by atoms with van der Waals surface area (Å²) in [6, 6.07) is 1.34. The van der Waals surface area contributed by atoms with Crippen LogP contribution >= 0.6 is 0 Å². The molecular formula is C14H27NO. The molecule has 1 saturated carbocycles. The molecule has 0 amide bonds. The van der Waals surface area contributed by atoms with Gasteiger partial charge in [0, 0.05) is 18.7 Å². The van der Waals surface area contributed by atoms with Crippen LogP contribution in [0.4, 0.5) is 0 Å². The molecule has 1 saturated heterocycles. The van der Waals surface area contributed by atoms with Crippen molar-refractivity contribution in [2.45, 2.75) is 65.0 Å². The summed E-state index contributed by atoms with van der Waals surface area (Å²) in [5, 5.41) is 3.85. The van der Waals surface area contributed by atoms with E-state index in [2.05, 4.69) is 26.1 Å². The summed E-state index contributed by atoms with van der Waals surface area (Å²) < 4.78 is 5.46. The van der Waals surface area contributed by atoms with Gasteiger partial charge in [0.1, 0.15) is 0 Å². The monoisotopic (exact) mass is 225 g/mol. The van der Waals surface area contributed by atoms with Crippen molar-refractivity contribution in [3.63, 3.8) is 0 Å². The molecule has 2 fully saturated rings. The Hall–Kier alpha value is -0.0800. The van der Waals surface area contributed by atoms with Crippen molar-refractivity contribution in [1.82, 2.24) is 5.32 Å². The lowest BCUT2D eigenvalue weighted by Gasteiger charge is -2.42. The van der Waals surface area contributed by atoms with Gasteiger partial charge in [-0.3, -0.25) is 0 Å². The average molecular weight is 225 g/mol. The average Bonchev–Trinajstić information content (AvgIpc) is 2.70. The van der Waals surface area contributed by atoms with Gasteiger partial charge in [-0.15, -0.1) is 0 Å². The number of hydrogen-bond acceptors (Lipinski definition) is 2. The molecule has 16 heavy (non-hydrogen) atoms. The first-order chi connectivity index (χ1) is 7.57. The van der Waals surface area contributed by atoms with Crippen LogP contribution in [0.2, 0.25) is 0 Å². The Balaban J connectivity index is 1.93. The molecule has 0 spiro atoms. The SMILES string of the molecule is CC(C)(C)C1CCCCC1NC1CCOC1. The van der Waals surface area contributed by atoms with Crippen LogP contribution in [0.3, 0.4) is 0 Å². The third kappa shape index (κ3) is 2.98. The predicted molar refractivity (Wildman–Crippen MR) is 67.6 cm³/mol. The lowest BCUT2D eigenvalue weighted by Crippen LogP contribution is -2.48. The Morgan fingerprint density at radius 1 is 1.06 bits per heavy atom. The maximum absolute atomic E-state index is 5.46. The molecule has 0 aromatic rings. The second-order valence-electron chi connectivity index (χ2n) is 6.59. The van der Waals surface area contributed by atoms with E-state index < -0.39 is 0 Å². The minimum atomic E-state index is 0.442. The van der Waals surface area contributed by atoms with Crippen molar-refractivity contribution in [3.8, 4) is 0 Å². The standard InChI is InChI=1S/C14H27NO/c1-14(2,3)12-6-4-5-7-13(12)15-11-8-9-16-10-11/h11-13,15H,4-10H2,1-3H3. The van der Waals surface area contributed by atoms with E-state index in [9.17, 15) is 0 Å². The van der Waals surface area contributed by atoms with Crippen LogP contribution in [0.15, 0.2) is 0 Å². The molecule has 2 nitrogen and oxygen atoms in total. The van der Waals surface area contributed by atoms with Gasteiger partial charge in [0.2, 0.25) is 0 Å². The minimum Gasteiger partial charge on any atom is -0.380 e. The molecule has 0 bridgehead atoms. The molecule has 3 atom stereocenters. The fourth-order valence-corrected chi connectivity index (χ4v) is 3.34. The highest BCUT2D eigenvalue weighted by Gasteiger charge is 2.35. The highest BCUT2D eigenvalue weighted by molar-refractivity contribution is 4.90. The van der Waals surface area contributed by atoms with E-state index in [1.807, 2.05) is 0 Å². The van der Waals surface area contributed by atoms with Gasteiger partial charge >= 0.3 is 0 Å². The Morgan fingerprint density at radius 3 is 2.44 bits per heavy atom. The van der Waals surface area contributed by atoms with Crippen LogP contribution in [-0.4, -0.2) is 25.3 Å². The molecule has 1 heterocycles. The fraction of sp³-hybridized carbons (Fsp3) is 1.00. The van der Waals surface area contributed by atoms with E-state index in [1.54, 1.807) is 0 Å². The summed E-state index contributed by atoms with van der Waals surface area (Å²) in [4.78, 5) is 0. The molecule has 1 aliphatic carbocycles. The molecule has 3 unspecified atom stereocenters. The predicted octanol–water partition coefficient (Wildman–Crippen LogP) is 2.97. The maximum atomic E-state index is 5.46. The number of hydrogen-bond donors (Lipinski definition) is 1. The molecular weight excluding hydrogens is 198 g/mol. The van der Waals surface area contributed by atoms with Crippen molar-refractivity contribution in [3.05, 3.63) is 0 Å². The second kappa shape index (κ2) is 5.05. The van der Waals surface area contributed by atoms with Crippen molar-refractivity contribution >= 4 is 0 Å². The van der Waals surface area contributed by atoms with E-state index in [0.717, 1.165) is 25.2 Å². The van der Waals surface area contributed by atoms with Gasteiger partial charge in [0.05, 0.1) is 6.61 Å². The molecule has 0 aromatic heterocycles. The van der Waals surface area contributed by atoms with Crippen LogP contribution < -0.4 is 5.32 Å². The first kappa shape index (κ1) is 12.4.